The van der Waals surface area contributed by atoms with Gasteiger partial charge in [-0.1, -0.05) is 11.8 Å². The number of imidazole rings is 1. The van der Waals surface area contributed by atoms with Crippen LogP contribution in [0.1, 0.15) is 34.6 Å². The van der Waals surface area contributed by atoms with E-state index in [9.17, 15) is 9.18 Å². The molecule has 1 aliphatic carbocycles. The van der Waals surface area contributed by atoms with Gasteiger partial charge >= 0.3 is 0 Å². The van der Waals surface area contributed by atoms with Crippen molar-refractivity contribution in [1.82, 2.24) is 24.2 Å². The molecule has 0 saturated heterocycles. The maximum atomic E-state index is 13.4. The molecule has 1 amide bonds. The Morgan fingerprint density at radius 3 is 2.66 bits per heavy atom. The number of thioether (sulfide) groups is 1. The van der Waals surface area contributed by atoms with Crippen molar-refractivity contribution in [2.24, 2.45) is 13.0 Å². The van der Waals surface area contributed by atoms with Gasteiger partial charge in [0.15, 0.2) is 5.16 Å². The number of aromatic nitrogens is 4. The maximum absolute atomic E-state index is 13.4. The second kappa shape index (κ2) is 8.02. The summed E-state index contributed by atoms with van der Waals surface area (Å²) >= 11 is 1.65. The van der Waals surface area contributed by atoms with Crippen LogP contribution in [0.4, 0.5) is 4.39 Å². The van der Waals surface area contributed by atoms with Gasteiger partial charge in [-0.15, -0.1) is 0 Å². The Kier molecular flexibility index (Phi) is 5.45. The molecular formula is C21H24FN5OS. The Bertz CT molecular complexity index is 1020. The number of nitrogens with zero attached hydrogens (tertiary/aromatic N) is 5. The van der Waals surface area contributed by atoms with Gasteiger partial charge in [0.2, 0.25) is 0 Å². The first-order valence-corrected chi connectivity index (χ1v) is 10.6. The number of halogens is 1. The zero-order valence-electron chi connectivity index (χ0n) is 16.8. The van der Waals surface area contributed by atoms with Crippen LogP contribution in [-0.2, 0) is 13.6 Å². The number of hydrogen-bond acceptors (Lipinski definition) is 4. The lowest BCUT2D eigenvalue weighted by atomic mass is 10.2. The van der Waals surface area contributed by atoms with Gasteiger partial charge in [0.1, 0.15) is 11.5 Å². The lowest BCUT2D eigenvalue weighted by Gasteiger charge is -2.18. The first-order valence-electron chi connectivity index (χ1n) is 9.63. The van der Waals surface area contributed by atoms with E-state index in [4.69, 9.17) is 0 Å². The van der Waals surface area contributed by atoms with Gasteiger partial charge in [0.25, 0.3) is 5.91 Å². The van der Waals surface area contributed by atoms with Crippen LogP contribution in [0, 0.1) is 18.7 Å². The lowest BCUT2D eigenvalue weighted by Crippen LogP contribution is -2.28. The summed E-state index contributed by atoms with van der Waals surface area (Å²) < 4.78 is 17.0. The highest BCUT2D eigenvalue weighted by atomic mass is 32.2. The first kappa shape index (κ1) is 19.7. The third-order valence-corrected chi connectivity index (χ3v) is 6.23. The number of carbonyl (C=O) groups excluding carboxylic acids is 1. The summed E-state index contributed by atoms with van der Waals surface area (Å²) in [6.45, 7) is 2.39. The predicted octanol–water partition coefficient (Wildman–Crippen LogP) is 3.83. The first-order chi connectivity index (χ1) is 13.9. The zero-order chi connectivity index (χ0) is 20.5. The fourth-order valence-corrected chi connectivity index (χ4v) is 4.41. The summed E-state index contributed by atoms with van der Waals surface area (Å²) in [5.41, 5.74) is 3.11. The topological polar surface area (TPSA) is 56.0 Å². The van der Waals surface area contributed by atoms with E-state index in [2.05, 4.69) is 10.1 Å². The molecule has 1 aromatic carbocycles. The molecule has 0 aliphatic heterocycles. The Morgan fingerprint density at radius 2 is 2.03 bits per heavy atom. The molecule has 2 heterocycles. The summed E-state index contributed by atoms with van der Waals surface area (Å²) in [6.07, 6.45) is 6.05. The van der Waals surface area contributed by atoms with E-state index < -0.39 is 0 Å². The highest BCUT2D eigenvalue weighted by molar-refractivity contribution is 7.99. The molecule has 0 atom stereocenters. The molecular weight excluding hydrogens is 389 g/mol. The Labute approximate surface area is 173 Å². The van der Waals surface area contributed by atoms with Crippen LogP contribution < -0.4 is 0 Å². The van der Waals surface area contributed by atoms with E-state index in [-0.39, 0.29) is 11.7 Å². The zero-order valence-corrected chi connectivity index (χ0v) is 17.6. The number of amides is 1. The second-order valence-electron chi connectivity index (χ2n) is 7.57. The lowest BCUT2D eigenvalue weighted by molar-refractivity contribution is 0.0776. The molecule has 0 spiro atoms. The average Bonchev–Trinajstić information content (AvgIpc) is 3.34. The normalized spacial score (nSPS) is 13.7. The number of rotatable bonds is 7. The monoisotopic (exact) mass is 413 g/mol. The van der Waals surface area contributed by atoms with Crippen LogP contribution in [0.2, 0.25) is 0 Å². The molecule has 0 unspecified atom stereocenters. The summed E-state index contributed by atoms with van der Waals surface area (Å²) in [5, 5.41) is 5.10. The molecule has 3 aromatic rings. The van der Waals surface area contributed by atoms with Crippen LogP contribution in [0.25, 0.3) is 5.69 Å². The van der Waals surface area contributed by atoms with Crippen LogP contribution in [0.3, 0.4) is 0 Å². The maximum Gasteiger partial charge on any atom is 0.272 e. The number of benzene rings is 1. The highest BCUT2D eigenvalue weighted by Crippen LogP contribution is 2.35. The molecule has 152 valence electrons. The third kappa shape index (κ3) is 4.37. The Balaban J connectivity index is 1.63. The average molecular weight is 414 g/mol. The van der Waals surface area contributed by atoms with Crippen molar-refractivity contribution in [3.63, 3.8) is 0 Å². The van der Waals surface area contributed by atoms with E-state index in [0.717, 1.165) is 33.8 Å². The summed E-state index contributed by atoms with van der Waals surface area (Å²) in [6, 6.07) is 6.17. The van der Waals surface area contributed by atoms with Crippen molar-refractivity contribution in [3.8, 4) is 5.69 Å². The molecule has 1 saturated carbocycles. The molecule has 0 N–H and O–H groups in total. The van der Waals surface area contributed by atoms with Gasteiger partial charge in [0.05, 0.1) is 11.9 Å². The van der Waals surface area contributed by atoms with Gasteiger partial charge in [-0.3, -0.25) is 14.0 Å². The summed E-state index contributed by atoms with van der Waals surface area (Å²) in [7, 11) is 3.64. The quantitative estimate of drug-likeness (QED) is 0.553. The largest absolute Gasteiger partial charge is 0.336 e. The molecule has 0 radical (unpaired) electrons. The smallest absolute Gasteiger partial charge is 0.272 e. The fraction of sp³-hybridized carbons (Fsp3) is 0.381. The van der Waals surface area contributed by atoms with Gasteiger partial charge in [-0.25, -0.2) is 9.37 Å². The Hall–Kier alpha value is -2.61. The summed E-state index contributed by atoms with van der Waals surface area (Å²) in [5.74, 6) is 1.27. The van der Waals surface area contributed by atoms with Crippen molar-refractivity contribution in [1.29, 1.82) is 0 Å². The minimum absolute atomic E-state index is 0.136. The van der Waals surface area contributed by atoms with Crippen molar-refractivity contribution in [2.75, 3.05) is 12.8 Å². The fourth-order valence-electron chi connectivity index (χ4n) is 3.23. The van der Waals surface area contributed by atoms with E-state index in [1.54, 1.807) is 46.7 Å². The molecule has 0 bridgehead atoms. The molecule has 1 aliphatic rings. The molecule has 8 heteroatoms. The second-order valence-corrected chi connectivity index (χ2v) is 8.55. The van der Waals surface area contributed by atoms with E-state index in [0.29, 0.717) is 12.2 Å². The number of carbonyl (C=O) groups is 1. The van der Waals surface area contributed by atoms with Crippen molar-refractivity contribution < 1.29 is 9.18 Å². The number of aryl methyl sites for hydroxylation is 2. The highest BCUT2D eigenvalue weighted by Gasteiger charge is 2.25. The van der Waals surface area contributed by atoms with E-state index >= 15 is 0 Å². The van der Waals surface area contributed by atoms with Gasteiger partial charge < -0.3 is 4.90 Å². The van der Waals surface area contributed by atoms with Crippen molar-refractivity contribution >= 4 is 17.7 Å². The van der Waals surface area contributed by atoms with Gasteiger partial charge in [-0.2, -0.15) is 5.10 Å². The van der Waals surface area contributed by atoms with Crippen LogP contribution in [0.5, 0.6) is 0 Å². The van der Waals surface area contributed by atoms with Crippen LogP contribution in [-0.4, -0.2) is 42.9 Å². The minimum Gasteiger partial charge on any atom is -0.336 e. The number of hydrogen-bond donors (Lipinski definition) is 0. The van der Waals surface area contributed by atoms with Gasteiger partial charge in [-0.05, 0) is 49.9 Å². The van der Waals surface area contributed by atoms with Crippen molar-refractivity contribution in [2.45, 2.75) is 31.5 Å². The molecule has 4 rings (SSSR count). The van der Waals surface area contributed by atoms with Gasteiger partial charge in [0, 0.05) is 43.8 Å². The van der Waals surface area contributed by atoms with Crippen LogP contribution >= 0.6 is 11.8 Å². The Morgan fingerprint density at radius 1 is 1.31 bits per heavy atom. The standard InChI is InChI=1S/C21H24FN5OS/c1-14-16(12-26(3)24-14)11-25(2)20(28)19-10-23-21(29-13-15-4-5-15)27(19)18-8-6-17(22)7-9-18/h6-10,12,15H,4-5,11,13H2,1-3H3. The predicted molar refractivity (Wildman–Crippen MR) is 111 cm³/mol. The molecule has 6 nitrogen and oxygen atoms in total. The SMILES string of the molecule is Cc1nn(C)cc1CN(C)C(=O)c1cnc(SCC2CC2)n1-c1ccc(F)cc1. The summed E-state index contributed by atoms with van der Waals surface area (Å²) in [4.78, 5) is 19.4. The van der Waals surface area contributed by atoms with Crippen molar-refractivity contribution in [3.05, 3.63) is 59.4 Å². The van der Waals surface area contributed by atoms with E-state index in [1.165, 1.54) is 25.0 Å². The van der Waals surface area contributed by atoms with E-state index in [1.807, 2.05) is 24.7 Å². The minimum atomic E-state index is -0.307. The third-order valence-electron chi connectivity index (χ3n) is 5.05. The molecule has 1 fully saturated rings. The molecule has 29 heavy (non-hydrogen) atoms. The molecule has 2 aromatic heterocycles. The van der Waals surface area contributed by atoms with Crippen LogP contribution in [0.15, 0.2) is 41.8 Å².